The van der Waals surface area contributed by atoms with Crippen LogP contribution >= 0.6 is 0 Å². The molecule has 0 aliphatic carbocycles. The van der Waals surface area contributed by atoms with Crippen molar-refractivity contribution in [2.45, 2.75) is 0 Å². The van der Waals surface area contributed by atoms with Crippen LogP contribution in [0.3, 0.4) is 0 Å². The van der Waals surface area contributed by atoms with Crippen molar-refractivity contribution in [1.29, 1.82) is 0 Å². The summed E-state index contributed by atoms with van der Waals surface area (Å²) < 4.78 is 11.1. The monoisotopic (exact) mass is 314 g/mol. The molecule has 66 valence electrons. The van der Waals surface area contributed by atoms with Crippen LogP contribution in [0, 0.1) is 0 Å². The van der Waals surface area contributed by atoms with Gasteiger partial charge in [-0.15, -0.1) is 0 Å². The van der Waals surface area contributed by atoms with Gasteiger partial charge in [0.05, 0.1) is 0 Å². The average Bonchev–Trinajstić information content (AvgIpc) is 2.06. The Morgan fingerprint density at radius 2 is 1.42 bits per heavy atom. The quantitative estimate of drug-likeness (QED) is 0.677. The van der Waals surface area contributed by atoms with Crippen LogP contribution in [0.25, 0.3) is 0 Å². The van der Waals surface area contributed by atoms with Gasteiger partial charge in [0.2, 0.25) is 0 Å². The zero-order chi connectivity index (χ0) is 9.23. The van der Waals surface area contributed by atoms with Crippen molar-refractivity contribution in [3.05, 3.63) is 43.9 Å². The van der Waals surface area contributed by atoms with Gasteiger partial charge in [-0.05, 0) is 0 Å². The van der Waals surface area contributed by atoms with E-state index < -0.39 is 10.8 Å². The van der Waals surface area contributed by atoms with E-state index in [1.807, 2.05) is 19.9 Å². The van der Waals surface area contributed by atoms with Crippen LogP contribution in [0.4, 0.5) is 0 Å². The summed E-state index contributed by atoms with van der Waals surface area (Å²) in [5.74, 6) is 0. The molecule has 0 amide bonds. The second-order valence-electron chi connectivity index (χ2n) is 1.48. The minimum absolute atomic E-state index is 0.285. The first-order chi connectivity index (χ1) is 5.81. The first-order valence-electron chi connectivity index (χ1n) is 3.06. The molecule has 0 rings (SSSR count). The Morgan fingerprint density at radius 1 is 1.00 bits per heavy atom. The van der Waals surface area contributed by atoms with E-state index in [0.717, 1.165) is 0 Å². The Balaban J connectivity index is 3.72. The molecule has 4 heteroatoms. The van der Waals surface area contributed by atoms with Crippen molar-refractivity contribution in [2.24, 2.45) is 0 Å². The van der Waals surface area contributed by atoms with Gasteiger partial charge in [0.25, 0.3) is 0 Å². The Kier molecular flexibility index (Phi) is 9.35. The van der Waals surface area contributed by atoms with E-state index >= 15 is 0 Å². The third kappa shape index (κ3) is 8.25. The molecule has 0 fully saturated rings. The molecular weight excluding hydrogens is 302 g/mol. The summed E-state index contributed by atoms with van der Waals surface area (Å²) in [7, 11) is -0.948. The summed E-state index contributed by atoms with van der Waals surface area (Å²) in [5, 5.41) is 3.38. The molecule has 0 aromatic heterocycles. The van der Waals surface area contributed by atoms with E-state index in [-0.39, 0.29) is 29.9 Å². The second-order valence-corrected chi connectivity index (χ2v) is 6.36. The van der Waals surface area contributed by atoms with E-state index in [4.69, 9.17) is 0 Å². The van der Waals surface area contributed by atoms with Crippen LogP contribution in [0.5, 0.6) is 0 Å². The SMILES string of the molecule is C=C[Se]C=CS(=O)C=C[Se]C=C. The van der Waals surface area contributed by atoms with E-state index in [2.05, 4.69) is 13.2 Å². The maximum absolute atomic E-state index is 11.1. The zero-order valence-electron chi connectivity index (χ0n) is 6.51. The van der Waals surface area contributed by atoms with Crippen molar-refractivity contribution < 1.29 is 4.21 Å². The fourth-order valence-corrected chi connectivity index (χ4v) is 3.42. The van der Waals surface area contributed by atoms with Crippen molar-refractivity contribution >= 4 is 40.7 Å². The molecule has 0 aliphatic heterocycles. The van der Waals surface area contributed by atoms with Crippen LogP contribution in [0.15, 0.2) is 43.9 Å². The van der Waals surface area contributed by atoms with Gasteiger partial charge < -0.3 is 0 Å². The Morgan fingerprint density at radius 3 is 1.75 bits per heavy atom. The fourth-order valence-electron chi connectivity index (χ4n) is 0.330. The molecule has 0 aliphatic rings. The molecule has 0 saturated carbocycles. The zero-order valence-corrected chi connectivity index (χ0v) is 10.8. The van der Waals surface area contributed by atoms with Gasteiger partial charge in [-0.1, -0.05) is 0 Å². The summed E-state index contributed by atoms with van der Waals surface area (Å²) >= 11 is 0.570. The topological polar surface area (TPSA) is 17.1 Å². The fraction of sp³-hybridized carbons (Fsp3) is 0. The summed E-state index contributed by atoms with van der Waals surface area (Å²) in [6.07, 6.45) is 0. The molecule has 0 bridgehead atoms. The van der Waals surface area contributed by atoms with Gasteiger partial charge in [-0.25, -0.2) is 0 Å². The summed E-state index contributed by atoms with van der Waals surface area (Å²) in [6.45, 7) is 7.16. The van der Waals surface area contributed by atoms with E-state index in [1.165, 1.54) is 0 Å². The molecule has 0 radical (unpaired) electrons. The molecule has 0 aromatic carbocycles. The predicted octanol–water partition coefficient (Wildman–Crippen LogP) is 1.37. The van der Waals surface area contributed by atoms with Crippen LogP contribution in [0.1, 0.15) is 0 Å². The first-order valence-corrected chi connectivity index (χ1v) is 8.30. The van der Waals surface area contributed by atoms with Crippen LogP contribution in [0.2, 0.25) is 0 Å². The van der Waals surface area contributed by atoms with Crippen LogP contribution in [-0.2, 0) is 10.8 Å². The third-order valence-electron chi connectivity index (χ3n) is 0.729. The summed E-state index contributed by atoms with van der Waals surface area (Å²) in [4.78, 5) is 7.47. The predicted molar refractivity (Wildman–Crippen MR) is 58.3 cm³/mol. The van der Waals surface area contributed by atoms with Crippen molar-refractivity contribution in [1.82, 2.24) is 0 Å². The molecular formula is C8H10OSSe2. The molecule has 1 nitrogen and oxygen atoms in total. The normalized spacial score (nSPS) is 13.7. The Labute approximate surface area is 88.5 Å². The summed E-state index contributed by atoms with van der Waals surface area (Å²) in [5.41, 5.74) is 0. The van der Waals surface area contributed by atoms with E-state index in [0.29, 0.717) is 0 Å². The maximum atomic E-state index is 11.1. The first kappa shape index (κ1) is 12.1. The van der Waals surface area contributed by atoms with Gasteiger partial charge in [0.1, 0.15) is 0 Å². The van der Waals surface area contributed by atoms with Crippen molar-refractivity contribution in [3.8, 4) is 0 Å². The van der Waals surface area contributed by atoms with E-state index in [9.17, 15) is 4.21 Å². The van der Waals surface area contributed by atoms with Crippen molar-refractivity contribution in [3.63, 3.8) is 0 Å². The van der Waals surface area contributed by atoms with Gasteiger partial charge >= 0.3 is 88.8 Å². The van der Waals surface area contributed by atoms with Crippen LogP contribution < -0.4 is 0 Å². The molecule has 0 atom stereocenters. The second kappa shape index (κ2) is 9.24. The molecule has 0 saturated heterocycles. The molecule has 0 heterocycles. The molecule has 0 N–H and O–H groups in total. The Hall–Kier alpha value is 0.149. The van der Waals surface area contributed by atoms with Crippen LogP contribution in [-0.4, -0.2) is 34.1 Å². The average molecular weight is 312 g/mol. The van der Waals surface area contributed by atoms with Gasteiger partial charge in [-0.2, -0.15) is 0 Å². The number of hydrogen-bond donors (Lipinski definition) is 0. The Bertz CT molecular complexity index is 199. The molecule has 0 aromatic rings. The van der Waals surface area contributed by atoms with Gasteiger partial charge in [0, 0.05) is 0 Å². The van der Waals surface area contributed by atoms with Crippen molar-refractivity contribution in [2.75, 3.05) is 0 Å². The standard InChI is InChI=1S/C8H10OSSe2/c1-3-11-7-5-10(9)6-8-12-4-2/h3-8H,1-2H2. The minimum atomic E-state index is -0.948. The number of rotatable bonds is 6. The molecule has 12 heavy (non-hydrogen) atoms. The van der Waals surface area contributed by atoms with E-state index in [1.54, 1.807) is 10.8 Å². The molecule has 0 unspecified atom stereocenters. The molecule has 0 spiro atoms. The third-order valence-corrected chi connectivity index (χ3v) is 4.35. The number of hydrogen-bond acceptors (Lipinski definition) is 1. The van der Waals surface area contributed by atoms with Gasteiger partial charge in [-0.3, -0.25) is 0 Å². The van der Waals surface area contributed by atoms with Gasteiger partial charge in [0.15, 0.2) is 0 Å². The summed E-state index contributed by atoms with van der Waals surface area (Å²) in [6, 6.07) is 0.